The SMILES string of the molecule is Cn1nc(Br)cc1/C=C/CO. The molecule has 0 aliphatic heterocycles. The Balaban J connectivity index is 2.85. The van der Waals surface area contributed by atoms with Crippen molar-refractivity contribution in [2.45, 2.75) is 0 Å². The Hall–Kier alpha value is -0.610. The minimum Gasteiger partial charge on any atom is -0.392 e. The van der Waals surface area contributed by atoms with Crippen molar-refractivity contribution in [1.29, 1.82) is 0 Å². The zero-order valence-corrected chi connectivity index (χ0v) is 7.74. The van der Waals surface area contributed by atoms with Crippen LogP contribution in [-0.2, 0) is 7.05 Å². The minimum absolute atomic E-state index is 0.0583. The van der Waals surface area contributed by atoms with E-state index in [-0.39, 0.29) is 6.61 Å². The van der Waals surface area contributed by atoms with Crippen LogP contribution in [0.25, 0.3) is 6.08 Å². The minimum atomic E-state index is 0.0583. The van der Waals surface area contributed by atoms with Crippen molar-refractivity contribution in [3.63, 3.8) is 0 Å². The van der Waals surface area contributed by atoms with Gasteiger partial charge in [-0.25, -0.2) is 0 Å². The van der Waals surface area contributed by atoms with E-state index < -0.39 is 0 Å². The normalized spacial score (nSPS) is 11.2. The molecule has 1 aromatic rings. The monoisotopic (exact) mass is 216 g/mol. The summed E-state index contributed by atoms with van der Waals surface area (Å²) in [5.74, 6) is 0. The lowest BCUT2D eigenvalue weighted by Crippen LogP contribution is -1.92. The first-order valence-corrected chi connectivity index (χ1v) is 4.00. The Morgan fingerprint density at radius 3 is 3.00 bits per heavy atom. The van der Waals surface area contributed by atoms with E-state index in [9.17, 15) is 0 Å². The van der Waals surface area contributed by atoms with E-state index in [1.807, 2.05) is 19.2 Å². The van der Waals surface area contributed by atoms with Crippen LogP contribution in [0.5, 0.6) is 0 Å². The maximum Gasteiger partial charge on any atom is 0.128 e. The lowest BCUT2D eigenvalue weighted by atomic mass is 10.4. The van der Waals surface area contributed by atoms with Gasteiger partial charge < -0.3 is 5.11 Å². The van der Waals surface area contributed by atoms with Crippen molar-refractivity contribution in [2.24, 2.45) is 7.05 Å². The van der Waals surface area contributed by atoms with E-state index in [0.717, 1.165) is 10.3 Å². The summed E-state index contributed by atoms with van der Waals surface area (Å²) in [5, 5.41) is 12.6. The Bertz CT molecular complexity index is 267. The predicted molar refractivity (Wildman–Crippen MR) is 47.0 cm³/mol. The average molecular weight is 217 g/mol. The molecule has 1 N–H and O–H groups in total. The molecular formula is C7H9BrN2O. The first kappa shape index (κ1) is 8.49. The second kappa shape index (κ2) is 3.69. The summed E-state index contributed by atoms with van der Waals surface area (Å²) in [6.45, 7) is 0.0583. The molecule has 3 nitrogen and oxygen atoms in total. The number of aromatic nitrogens is 2. The van der Waals surface area contributed by atoms with E-state index in [0.29, 0.717) is 0 Å². The average Bonchev–Trinajstić information content (AvgIpc) is 2.26. The molecule has 0 amide bonds. The molecule has 1 rings (SSSR count). The van der Waals surface area contributed by atoms with Gasteiger partial charge in [0.15, 0.2) is 0 Å². The zero-order valence-electron chi connectivity index (χ0n) is 6.16. The summed E-state index contributed by atoms with van der Waals surface area (Å²) in [6, 6.07) is 1.88. The molecule has 0 bridgehead atoms. The number of nitrogens with zero attached hydrogens (tertiary/aromatic N) is 2. The van der Waals surface area contributed by atoms with Gasteiger partial charge >= 0.3 is 0 Å². The van der Waals surface area contributed by atoms with Crippen molar-refractivity contribution in [2.75, 3.05) is 6.61 Å². The third-order valence-electron chi connectivity index (χ3n) is 1.28. The molecule has 11 heavy (non-hydrogen) atoms. The summed E-state index contributed by atoms with van der Waals surface area (Å²) in [6.07, 6.45) is 3.49. The molecule has 0 aliphatic rings. The van der Waals surface area contributed by atoms with Crippen LogP contribution in [0.1, 0.15) is 5.69 Å². The van der Waals surface area contributed by atoms with Gasteiger partial charge in [0, 0.05) is 7.05 Å². The highest BCUT2D eigenvalue weighted by Crippen LogP contribution is 2.10. The third kappa shape index (κ3) is 2.17. The molecule has 0 aromatic carbocycles. The number of aryl methyl sites for hydroxylation is 1. The Labute approximate surface area is 73.5 Å². The number of halogens is 1. The van der Waals surface area contributed by atoms with Crippen LogP contribution in [0.3, 0.4) is 0 Å². The number of aliphatic hydroxyl groups is 1. The molecule has 1 aromatic heterocycles. The van der Waals surface area contributed by atoms with Crippen LogP contribution < -0.4 is 0 Å². The van der Waals surface area contributed by atoms with E-state index in [4.69, 9.17) is 5.11 Å². The fourth-order valence-corrected chi connectivity index (χ4v) is 1.25. The van der Waals surface area contributed by atoms with Crippen LogP contribution in [0.2, 0.25) is 0 Å². The Morgan fingerprint density at radius 1 is 1.82 bits per heavy atom. The highest BCUT2D eigenvalue weighted by atomic mass is 79.9. The lowest BCUT2D eigenvalue weighted by molar-refractivity contribution is 0.343. The van der Waals surface area contributed by atoms with Gasteiger partial charge in [-0.2, -0.15) is 5.10 Å². The molecule has 1 heterocycles. The van der Waals surface area contributed by atoms with E-state index in [2.05, 4.69) is 21.0 Å². The van der Waals surface area contributed by atoms with Gasteiger partial charge in [0.1, 0.15) is 4.60 Å². The number of rotatable bonds is 2. The van der Waals surface area contributed by atoms with Crippen LogP contribution in [0.4, 0.5) is 0 Å². The molecular weight excluding hydrogens is 208 g/mol. The Morgan fingerprint density at radius 2 is 2.55 bits per heavy atom. The summed E-state index contributed by atoms with van der Waals surface area (Å²) in [4.78, 5) is 0. The summed E-state index contributed by atoms with van der Waals surface area (Å²) >= 11 is 3.25. The van der Waals surface area contributed by atoms with E-state index in [1.54, 1.807) is 10.8 Å². The standard InChI is InChI=1S/C7H9BrN2O/c1-10-6(3-2-4-11)5-7(8)9-10/h2-3,5,11H,4H2,1H3/b3-2+. The van der Waals surface area contributed by atoms with Gasteiger partial charge in [0.05, 0.1) is 12.3 Å². The second-order valence-corrected chi connectivity index (χ2v) is 2.91. The lowest BCUT2D eigenvalue weighted by Gasteiger charge is -1.91. The third-order valence-corrected chi connectivity index (χ3v) is 1.67. The van der Waals surface area contributed by atoms with Gasteiger partial charge in [-0.15, -0.1) is 0 Å². The number of aliphatic hydroxyl groups excluding tert-OH is 1. The molecule has 60 valence electrons. The molecule has 0 saturated carbocycles. The van der Waals surface area contributed by atoms with Crippen LogP contribution in [-0.4, -0.2) is 21.5 Å². The number of hydrogen-bond acceptors (Lipinski definition) is 2. The van der Waals surface area contributed by atoms with Crippen molar-refractivity contribution < 1.29 is 5.11 Å². The first-order chi connectivity index (χ1) is 5.24. The largest absolute Gasteiger partial charge is 0.392 e. The predicted octanol–water partition coefficient (Wildman–Crippen LogP) is 1.19. The van der Waals surface area contributed by atoms with Crippen molar-refractivity contribution in [1.82, 2.24) is 9.78 Å². The van der Waals surface area contributed by atoms with Crippen LogP contribution in [0.15, 0.2) is 16.7 Å². The van der Waals surface area contributed by atoms with E-state index in [1.165, 1.54) is 0 Å². The number of hydrogen-bond donors (Lipinski definition) is 1. The van der Waals surface area contributed by atoms with E-state index >= 15 is 0 Å². The zero-order chi connectivity index (χ0) is 8.27. The van der Waals surface area contributed by atoms with Crippen LogP contribution >= 0.6 is 15.9 Å². The Kier molecular flexibility index (Phi) is 2.84. The maximum atomic E-state index is 8.50. The van der Waals surface area contributed by atoms with Crippen molar-refractivity contribution in [3.8, 4) is 0 Å². The smallest absolute Gasteiger partial charge is 0.128 e. The molecule has 0 saturated heterocycles. The molecule has 0 radical (unpaired) electrons. The van der Waals surface area contributed by atoms with Gasteiger partial charge in [0.2, 0.25) is 0 Å². The highest BCUT2D eigenvalue weighted by Gasteiger charge is 1.96. The van der Waals surface area contributed by atoms with Gasteiger partial charge in [-0.05, 0) is 28.1 Å². The quantitative estimate of drug-likeness (QED) is 0.807. The first-order valence-electron chi connectivity index (χ1n) is 3.21. The maximum absolute atomic E-state index is 8.50. The summed E-state index contributed by atoms with van der Waals surface area (Å²) < 4.78 is 2.54. The molecule has 0 unspecified atom stereocenters. The summed E-state index contributed by atoms with van der Waals surface area (Å²) in [7, 11) is 1.85. The second-order valence-electron chi connectivity index (χ2n) is 2.10. The van der Waals surface area contributed by atoms with Gasteiger partial charge in [0.25, 0.3) is 0 Å². The van der Waals surface area contributed by atoms with Gasteiger partial charge in [-0.3, -0.25) is 4.68 Å². The molecule has 4 heteroatoms. The molecule has 0 fully saturated rings. The molecule has 0 aliphatic carbocycles. The highest BCUT2D eigenvalue weighted by molar-refractivity contribution is 9.10. The fourth-order valence-electron chi connectivity index (χ4n) is 0.775. The summed E-state index contributed by atoms with van der Waals surface area (Å²) in [5.41, 5.74) is 0.964. The molecule has 0 spiro atoms. The fraction of sp³-hybridized carbons (Fsp3) is 0.286. The van der Waals surface area contributed by atoms with Gasteiger partial charge in [-0.1, -0.05) is 6.08 Å². The van der Waals surface area contributed by atoms with Crippen molar-refractivity contribution in [3.05, 3.63) is 22.4 Å². The van der Waals surface area contributed by atoms with Crippen LogP contribution in [0, 0.1) is 0 Å². The topological polar surface area (TPSA) is 38.0 Å². The van der Waals surface area contributed by atoms with Crippen molar-refractivity contribution >= 4 is 22.0 Å². The molecule has 0 atom stereocenters.